The lowest BCUT2D eigenvalue weighted by molar-refractivity contribution is -0.0974. The first kappa shape index (κ1) is 13.3. The minimum Gasteiger partial charge on any atom is -0.354 e. The highest BCUT2D eigenvalue weighted by Crippen LogP contribution is 1.92. The van der Waals surface area contributed by atoms with Crippen molar-refractivity contribution in [3.05, 3.63) is 28.2 Å². The van der Waals surface area contributed by atoms with Crippen LogP contribution in [0.25, 0.3) is 0 Å². The van der Waals surface area contributed by atoms with Crippen LogP contribution in [0.3, 0.4) is 0 Å². The fourth-order valence-electron chi connectivity index (χ4n) is 1.15. The first-order valence-corrected chi connectivity index (χ1v) is 4.96. The number of nitrogens with one attached hydrogen (secondary N) is 1. The van der Waals surface area contributed by atoms with E-state index in [2.05, 4.69) is 10.4 Å². The molecule has 7 heteroatoms. The van der Waals surface area contributed by atoms with Crippen molar-refractivity contribution in [2.75, 3.05) is 20.8 Å². The van der Waals surface area contributed by atoms with Crippen LogP contribution >= 0.6 is 0 Å². The molecule has 0 saturated heterocycles. The molecule has 0 atom stereocenters. The van der Waals surface area contributed by atoms with E-state index in [-0.39, 0.29) is 23.7 Å². The third kappa shape index (κ3) is 3.65. The molecular weight excluding hydrogens is 226 g/mol. The quantitative estimate of drug-likeness (QED) is 0.677. The predicted molar refractivity (Wildman–Crippen MR) is 59.6 cm³/mol. The number of methoxy groups -OCH3 is 2. The fraction of sp³-hybridized carbons (Fsp3) is 0.500. The molecule has 1 N–H and O–H groups in total. The van der Waals surface area contributed by atoms with Crippen LogP contribution in [0.5, 0.6) is 0 Å². The van der Waals surface area contributed by atoms with Crippen molar-refractivity contribution in [1.82, 2.24) is 15.1 Å². The van der Waals surface area contributed by atoms with Gasteiger partial charge < -0.3 is 14.8 Å². The highest BCUT2D eigenvalue weighted by Gasteiger charge is 2.11. The van der Waals surface area contributed by atoms with Crippen molar-refractivity contribution in [3.63, 3.8) is 0 Å². The summed E-state index contributed by atoms with van der Waals surface area (Å²) >= 11 is 0. The summed E-state index contributed by atoms with van der Waals surface area (Å²) in [5.41, 5.74) is -0.105. The van der Waals surface area contributed by atoms with Crippen molar-refractivity contribution in [1.29, 1.82) is 0 Å². The third-order valence-corrected chi connectivity index (χ3v) is 2.15. The Morgan fingerprint density at radius 3 is 2.65 bits per heavy atom. The lowest BCUT2D eigenvalue weighted by Gasteiger charge is -2.13. The van der Waals surface area contributed by atoms with E-state index in [1.807, 2.05) is 0 Å². The molecule has 1 amide bonds. The molecule has 0 aliphatic carbocycles. The summed E-state index contributed by atoms with van der Waals surface area (Å²) in [5, 5.41) is 6.39. The smallest absolute Gasteiger partial charge is 0.271 e. The van der Waals surface area contributed by atoms with E-state index >= 15 is 0 Å². The Kier molecular flexibility index (Phi) is 4.80. The second kappa shape index (κ2) is 6.12. The van der Waals surface area contributed by atoms with E-state index in [1.54, 1.807) is 0 Å². The highest BCUT2D eigenvalue weighted by atomic mass is 16.7. The minimum atomic E-state index is -0.508. The molecule has 0 bridgehead atoms. The summed E-state index contributed by atoms with van der Waals surface area (Å²) in [6, 6.07) is 2.65. The van der Waals surface area contributed by atoms with E-state index in [0.29, 0.717) is 0 Å². The second-order valence-corrected chi connectivity index (χ2v) is 3.29. The number of carbonyl (C=O) groups excluding carboxylic acids is 1. The SMILES string of the molecule is COC(CNC(=O)c1ccc(=O)n(C)n1)OC. The zero-order valence-corrected chi connectivity index (χ0v) is 9.97. The molecule has 1 rings (SSSR count). The monoisotopic (exact) mass is 241 g/mol. The van der Waals surface area contributed by atoms with E-state index in [0.717, 1.165) is 4.68 Å². The van der Waals surface area contributed by atoms with Gasteiger partial charge in [-0.1, -0.05) is 0 Å². The Bertz CT molecular complexity index is 439. The molecule has 0 spiro atoms. The van der Waals surface area contributed by atoms with E-state index in [1.165, 1.54) is 33.4 Å². The maximum atomic E-state index is 11.6. The van der Waals surface area contributed by atoms with Crippen LogP contribution in [0.15, 0.2) is 16.9 Å². The van der Waals surface area contributed by atoms with Crippen LogP contribution < -0.4 is 10.9 Å². The Hall–Kier alpha value is -1.73. The average molecular weight is 241 g/mol. The minimum absolute atomic E-state index is 0.165. The van der Waals surface area contributed by atoms with Gasteiger partial charge in [-0.05, 0) is 6.07 Å². The van der Waals surface area contributed by atoms with Crippen molar-refractivity contribution < 1.29 is 14.3 Å². The first-order valence-electron chi connectivity index (χ1n) is 4.96. The van der Waals surface area contributed by atoms with Gasteiger partial charge in [0.2, 0.25) is 0 Å². The molecule has 7 nitrogen and oxygen atoms in total. The number of amides is 1. The van der Waals surface area contributed by atoms with Gasteiger partial charge >= 0.3 is 0 Å². The maximum absolute atomic E-state index is 11.6. The summed E-state index contributed by atoms with van der Waals surface area (Å²) in [5.74, 6) is -0.389. The van der Waals surface area contributed by atoms with Gasteiger partial charge in [0.1, 0.15) is 5.69 Å². The van der Waals surface area contributed by atoms with Gasteiger partial charge in [-0.3, -0.25) is 9.59 Å². The average Bonchev–Trinajstić information content (AvgIpc) is 2.33. The molecule has 0 radical (unpaired) electrons. The van der Waals surface area contributed by atoms with E-state index < -0.39 is 6.29 Å². The summed E-state index contributed by atoms with van der Waals surface area (Å²) in [6.07, 6.45) is -0.508. The molecule has 0 aliphatic heterocycles. The van der Waals surface area contributed by atoms with Crippen molar-refractivity contribution >= 4 is 5.91 Å². The molecule has 1 aromatic rings. The summed E-state index contributed by atoms with van der Waals surface area (Å²) in [4.78, 5) is 22.7. The van der Waals surface area contributed by atoms with Gasteiger partial charge in [0.25, 0.3) is 11.5 Å². The van der Waals surface area contributed by atoms with Gasteiger partial charge in [-0.25, -0.2) is 4.68 Å². The number of nitrogens with zero attached hydrogens (tertiary/aromatic N) is 2. The van der Waals surface area contributed by atoms with Crippen LogP contribution in [0.2, 0.25) is 0 Å². The van der Waals surface area contributed by atoms with Crippen molar-refractivity contribution in [3.8, 4) is 0 Å². The zero-order valence-electron chi connectivity index (χ0n) is 9.97. The normalized spacial score (nSPS) is 10.6. The highest BCUT2D eigenvalue weighted by molar-refractivity contribution is 5.91. The number of ether oxygens (including phenoxy) is 2. The summed E-state index contributed by atoms with van der Waals surface area (Å²) in [6.45, 7) is 0.205. The van der Waals surface area contributed by atoms with Gasteiger partial charge in [0.15, 0.2) is 6.29 Å². The largest absolute Gasteiger partial charge is 0.354 e. The fourth-order valence-corrected chi connectivity index (χ4v) is 1.15. The molecule has 1 heterocycles. The van der Waals surface area contributed by atoms with Crippen LogP contribution in [0.1, 0.15) is 10.5 Å². The van der Waals surface area contributed by atoms with Gasteiger partial charge in [-0.2, -0.15) is 5.10 Å². The lowest BCUT2D eigenvalue weighted by atomic mass is 10.3. The number of rotatable bonds is 5. The topological polar surface area (TPSA) is 82.5 Å². The molecule has 94 valence electrons. The number of hydrogen-bond donors (Lipinski definition) is 1. The lowest BCUT2D eigenvalue weighted by Crippen LogP contribution is -2.35. The standard InChI is InChI=1S/C10H15N3O4/c1-13-8(14)5-4-7(12-13)10(15)11-6-9(16-2)17-3/h4-5,9H,6H2,1-3H3,(H,11,15). The maximum Gasteiger partial charge on any atom is 0.271 e. The van der Waals surface area contributed by atoms with Crippen molar-refractivity contribution in [2.24, 2.45) is 7.05 Å². The molecule has 0 aliphatic rings. The number of aryl methyl sites for hydroxylation is 1. The Labute approximate surface area is 98.3 Å². The summed E-state index contributed by atoms with van der Waals surface area (Å²) < 4.78 is 10.9. The Morgan fingerprint density at radius 1 is 1.47 bits per heavy atom. The van der Waals surface area contributed by atoms with Gasteiger partial charge in [-0.15, -0.1) is 0 Å². The molecule has 17 heavy (non-hydrogen) atoms. The Balaban J connectivity index is 2.64. The number of carbonyl (C=O) groups is 1. The van der Waals surface area contributed by atoms with Gasteiger partial charge in [0.05, 0.1) is 6.54 Å². The summed E-state index contributed by atoms with van der Waals surface area (Å²) in [7, 11) is 4.43. The van der Waals surface area contributed by atoms with Crippen LogP contribution in [0, 0.1) is 0 Å². The van der Waals surface area contributed by atoms with Gasteiger partial charge in [0, 0.05) is 27.3 Å². The van der Waals surface area contributed by atoms with Crippen LogP contribution in [-0.2, 0) is 16.5 Å². The van der Waals surface area contributed by atoms with Crippen LogP contribution in [0.4, 0.5) is 0 Å². The molecule has 0 aromatic carbocycles. The number of aromatic nitrogens is 2. The molecule has 1 aromatic heterocycles. The second-order valence-electron chi connectivity index (χ2n) is 3.29. The van der Waals surface area contributed by atoms with Crippen molar-refractivity contribution in [2.45, 2.75) is 6.29 Å². The molecule has 0 saturated carbocycles. The van der Waals surface area contributed by atoms with E-state index in [4.69, 9.17) is 9.47 Å². The zero-order chi connectivity index (χ0) is 12.8. The van der Waals surface area contributed by atoms with E-state index in [9.17, 15) is 9.59 Å². The number of hydrogen-bond acceptors (Lipinski definition) is 5. The predicted octanol–water partition coefficient (Wildman–Crippen LogP) is -0.871. The molecule has 0 unspecified atom stereocenters. The molecule has 0 fully saturated rings. The first-order chi connectivity index (χ1) is 8.08. The van der Waals surface area contributed by atoms with Crippen LogP contribution in [-0.4, -0.2) is 42.7 Å². The molecular formula is C10H15N3O4. The third-order valence-electron chi connectivity index (χ3n) is 2.15. The Morgan fingerprint density at radius 2 is 2.12 bits per heavy atom.